The lowest BCUT2D eigenvalue weighted by Gasteiger charge is -2.22. The minimum Gasteiger partial charge on any atom is -0.493 e. The van der Waals surface area contributed by atoms with Gasteiger partial charge in [0.2, 0.25) is 0 Å². The molecule has 1 aromatic rings. The fraction of sp³-hybridized carbons (Fsp3) is 0.600. The maximum absolute atomic E-state index is 5.70. The first kappa shape index (κ1) is 13.2. The summed E-state index contributed by atoms with van der Waals surface area (Å²) in [5, 5.41) is 3.42. The van der Waals surface area contributed by atoms with E-state index in [-0.39, 0.29) is 0 Å². The average molecular weight is 248 g/mol. The number of hydrogen-bond donors (Lipinski definition) is 1. The van der Waals surface area contributed by atoms with E-state index in [1.54, 1.807) is 0 Å². The fourth-order valence-electron chi connectivity index (χ4n) is 2.12. The van der Waals surface area contributed by atoms with Crippen LogP contribution in [0, 0.1) is 5.92 Å². The van der Waals surface area contributed by atoms with Crippen LogP contribution in [0.5, 0.6) is 5.75 Å². The number of benzene rings is 1. The minimum absolute atomic E-state index is 0.571. The van der Waals surface area contributed by atoms with E-state index in [2.05, 4.69) is 48.3 Å². The predicted octanol–water partition coefficient (Wildman–Crippen LogP) is 2.52. The molecule has 1 aliphatic heterocycles. The van der Waals surface area contributed by atoms with Gasteiger partial charge in [0.05, 0.1) is 6.61 Å². The molecule has 0 unspecified atom stereocenters. The molecule has 100 valence electrons. The van der Waals surface area contributed by atoms with Gasteiger partial charge in [-0.15, -0.1) is 0 Å². The molecule has 1 aromatic carbocycles. The van der Waals surface area contributed by atoms with E-state index in [0.29, 0.717) is 5.92 Å². The number of nitrogens with zero attached hydrogens (tertiary/aromatic N) is 1. The molecule has 0 atom stereocenters. The van der Waals surface area contributed by atoms with Gasteiger partial charge < -0.3 is 15.0 Å². The Morgan fingerprint density at radius 2 is 1.94 bits per heavy atom. The maximum Gasteiger partial charge on any atom is 0.119 e. The molecule has 0 saturated carbocycles. The largest absolute Gasteiger partial charge is 0.493 e. The number of hydrogen-bond acceptors (Lipinski definition) is 3. The third kappa shape index (κ3) is 3.91. The summed E-state index contributed by atoms with van der Waals surface area (Å²) >= 11 is 0. The first-order chi connectivity index (χ1) is 8.75. The van der Waals surface area contributed by atoms with Gasteiger partial charge in [-0.1, -0.05) is 13.8 Å². The van der Waals surface area contributed by atoms with Gasteiger partial charge in [-0.3, -0.25) is 0 Å². The standard InChI is InChI=1S/C15H24N2O/c1-13(2)12-18-15-6-4-14(5-7-15)17-10-3-8-16-9-11-17/h4-7,13,16H,3,8-12H2,1-2H3. The van der Waals surface area contributed by atoms with Crippen molar-refractivity contribution in [2.45, 2.75) is 20.3 Å². The second kappa shape index (κ2) is 6.64. The highest BCUT2D eigenvalue weighted by atomic mass is 16.5. The van der Waals surface area contributed by atoms with Crippen LogP contribution in [0.2, 0.25) is 0 Å². The van der Waals surface area contributed by atoms with Crippen LogP contribution in [0.3, 0.4) is 0 Å². The summed E-state index contributed by atoms with van der Waals surface area (Å²) in [6.45, 7) is 9.55. The van der Waals surface area contributed by atoms with Gasteiger partial charge in [0.15, 0.2) is 0 Å². The average Bonchev–Trinajstić information content (AvgIpc) is 2.66. The zero-order chi connectivity index (χ0) is 12.8. The molecule has 1 heterocycles. The Labute approximate surface area is 110 Å². The topological polar surface area (TPSA) is 24.5 Å². The molecule has 3 nitrogen and oxygen atoms in total. The lowest BCUT2D eigenvalue weighted by molar-refractivity contribution is 0.271. The van der Waals surface area contributed by atoms with E-state index in [1.807, 2.05) is 0 Å². The van der Waals surface area contributed by atoms with E-state index in [4.69, 9.17) is 4.74 Å². The smallest absolute Gasteiger partial charge is 0.119 e. The first-order valence-corrected chi connectivity index (χ1v) is 6.94. The van der Waals surface area contributed by atoms with Crippen LogP contribution in [-0.4, -0.2) is 32.8 Å². The van der Waals surface area contributed by atoms with Crippen LogP contribution in [0.25, 0.3) is 0 Å². The van der Waals surface area contributed by atoms with E-state index >= 15 is 0 Å². The zero-order valence-corrected chi connectivity index (χ0v) is 11.5. The molecule has 2 rings (SSSR count). The van der Waals surface area contributed by atoms with Crippen LogP contribution >= 0.6 is 0 Å². The van der Waals surface area contributed by atoms with Crippen molar-refractivity contribution < 1.29 is 4.74 Å². The molecule has 1 fully saturated rings. The predicted molar refractivity (Wildman–Crippen MR) is 76.5 cm³/mol. The molecule has 0 aromatic heterocycles. The molecule has 0 amide bonds. The van der Waals surface area contributed by atoms with E-state index < -0.39 is 0 Å². The van der Waals surface area contributed by atoms with Crippen LogP contribution in [0.4, 0.5) is 5.69 Å². The van der Waals surface area contributed by atoms with Crippen molar-refractivity contribution in [3.05, 3.63) is 24.3 Å². The quantitative estimate of drug-likeness (QED) is 0.886. The number of nitrogens with one attached hydrogen (secondary N) is 1. The lowest BCUT2D eigenvalue weighted by Crippen LogP contribution is -2.27. The molecule has 1 aliphatic rings. The first-order valence-electron chi connectivity index (χ1n) is 6.94. The molecule has 1 saturated heterocycles. The van der Waals surface area contributed by atoms with Gasteiger partial charge in [0.1, 0.15) is 5.75 Å². The van der Waals surface area contributed by atoms with Gasteiger partial charge in [0.25, 0.3) is 0 Å². The summed E-state index contributed by atoms with van der Waals surface area (Å²) in [5.41, 5.74) is 1.30. The van der Waals surface area contributed by atoms with Crippen LogP contribution < -0.4 is 15.0 Å². The Morgan fingerprint density at radius 3 is 2.67 bits per heavy atom. The molecule has 0 aliphatic carbocycles. The summed E-state index contributed by atoms with van der Waals surface area (Å²) < 4.78 is 5.70. The Bertz CT molecular complexity index is 340. The monoisotopic (exact) mass is 248 g/mol. The highest BCUT2D eigenvalue weighted by Crippen LogP contribution is 2.20. The van der Waals surface area contributed by atoms with Crippen LogP contribution in [-0.2, 0) is 0 Å². The van der Waals surface area contributed by atoms with Crippen molar-refractivity contribution >= 4 is 5.69 Å². The normalized spacial score (nSPS) is 16.7. The molecule has 3 heteroatoms. The maximum atomic E-state index is 5.70. The number of anilines is 1. The Balaban J connectivity index is 1.93. The second-order valence-electron chi connectivity index (χ2n) is 5.29. The van der Waals surface area contributed by atoms with E-state index in [0.717, 1.165) is 38.5 Å². The molecular formula is C15H24N2O. The van der Waals surface area contributed by atoms with E-state index in [9.17, 15) is 0 Å². The molecule has 0 radical (unpaired) electrons. The SMILES string of the molecule is CC(C)COc1ccc(N2CCCNCC2)cc1. The highest BCUT2D eigenvalue weighted by Gasteiger charge is 2.09. The second-order valence-corrected chi connectivity index (χ2v) is 5.29. The van der Waals surface area contributed by atoms with Crippen LogP contribution in [0.1, 0.15) is 20.3 Å². The summed E-state index contributed by atoms with van der Waals surface area (Å²) in [4.78, 5) is 2.44. The van der Waals surface area contributed by atoms with Gasteiger partial charge in [-0.05, 0) is 43.1 Å². The summed E-state index contributed by atoms with van der Waals surface area (Å²) in [7, 11) is 0. The molecule has 0 bridgehead atoms. The van der Waals surface area contributed by atoms with Crippen molar-refractivity contribution in [2.75, 3.05) is 37.7 Å². The van der Waals surface area contributed by atoms with Crippen molar-refractivity contribution in [3.8, 4) is 5.75 Å². The number of ether oxygens (including phenoxy) is 1. The lowest BCUT2D eigenvalue weighted by atomic mass is 10.2. The third-order valence-electron chi connectivity index (χ3n) is 3.13. The Hall–Kier alpha value is -1.22. The van der Waals surface area contributed by atoms with E-state index in [1.165, 1.54) is 12.1 Å². The van der Waals surface area contributed by atoms with Crippen molar-refractivity contribution in [2.24, 2.45) is 5.92 Å². The fourth-order valence-corrected chi connectivity index (χ4v) is 2.12. The van der Waals surface area contributed by atoms with Gasteiger partial charge >= 0.3 is 0 Å². The summed E-state index contributed by atoms with van der Waals surface area (Å²) in [6.07, 6.45) is 1.21. The Morgan fingerprint density at radius 1 is 1.17 bits per heavy atom. The van der Waals surface area contributed by atoms with Gasteiger partial charge in [-0.25, -0.2) is 0 Å². The zero-order valence-electron chi connectivity index (χ0n) is 11.5. The van der Waals surface area contributed by atoms with Gasteiger partial charge in [0, 0.05) is 25.3 Å². The summed E-state index contributed by atoms with van der Waals surface area (Å²) in [5.74, 6) is 1.54. The summed E-state index contributed by atoms with van der Waals surface area (Å²) in [6, 6.07) is 8.49. The van der Waals surface area contributed by atoms with Gasteiger partial charge in [-0.2, -0.15) is 0 Å². The van der Waals surface area contributed by atoms with Crippen molar-refractivity contribution in [3.63, 3.8) is 0 Å². The highest BCUT2D eigenvalue weighted by molar-refractivity contribution is 5.49. The molecule has 0 spiro atoms. The van der Waals surface area contributed by atoms with Crippen LogP contribution in [0.15, 0.2) is 24.3 Å². The Kier molecular flexibility index (Phi) is 4.88. The molecule has 1 N–H and O–H groups in total. The third-order valence-corrected chi connectivity index (χ3v) is 3.13. The van der Waals surface area contributed by atoms with Crippen molar-refractivity contribution in [1.82, 2.24) is 5.32 Å². The number of rotatable bonds is 4. The minimum atomic E-state index is 0.571. The molecule has 18 heavy (non-hydrogen) atoms. The molecular weight excluding hydrogens is 224 g/mol. The van der Waals surface area contributed by atoms with Crippen molar-refractivity contribution in [1.29, 1.82) is 0 Å².